The first kappa shape index (κ1) is 14.4. The van der Waals surface area contributed by atoms with E-state index in [4.69, 9.17) is 15.3 Å². The minimum absolute atomic E-state index is 0.0150. The number of aromatic carboxylic acids is 1. The highest BCUT2D eigenvalue weighted by atomic mass is 16.4. The first-order chi connectivity index (χ1) is 8.86. The maximum Gasteiger partial charge on any atom is 0.352 e. The summed E-state index contributed by atoms with van der Waals surface area (Å²) in [5, 5.41) is 26.3. The van der Waals surface area contributed by atoms with Crippen LogP contribution in [0.25, 0.3) is 0 Å². The molecule has 1 aromatic rings. The molecule has 0 aliphatic rings. The highest BCUT2D eigenvalue weighted by molar-refractivity contribution is 5.92. The molecule has 0 saturated heterocycles. The second-order valence-electron chi connectivity index (χ2n) is 3.76. The Morgan fingerprint density at radius 3 is 2.11 bits per heavy atom. The van der Waals surface area contributed by atoms with Crippen LogP contribution in [-0.4, -0.2) is 44.5 Å². The number of nitrogens with one attached hydrogen (secondary N) is 1. The van der Waals surface area contributed by atoms with Gasteiger partial charge in [0.2, 0.25) is 0 Å². The first-order valence-corrected chi connectivity index (χ1v) is 5.22. The van der Waals surface area contributed by atoms with E-state index in [1.807, 2.05) is 0 Å². The number of carbonyl (C=O) groups excluding carboxylic acids is 1. The zero-order valence-electron chi connectivity index (χ0n) is 9.67. The largest absolute Gasteiger partial charge is 0.481 e. The van der Waals surface area contributed by atoms with Crippen molar-refractivity contribution in [3.05, 3.63) is 22.5 Å². The van der Waals surface area contributed by atoms with Crippen molar-refractivity contribution >= 4 is 24.2 Å². The first-order valence-electron chi connectivity index (χ1n) is 5.22. The van der Waals surface area contributed by atoms with Gasteiger partial charge in [0.15, 0.2) is 6.29 Å². The van der Waals surface area contributed by atoms with Crippen molar-refractivity contribution in [1.82, 2.24) is 4.98 Å². The lowest BCUT2D eigenvalue weighted by molar-refractivity contribution is -0.137. The van der Waals surface area contributed by atoms with Gasteiger partial charge in [-0.1, -0.05) is 0 Å². The molecule has 19 heavy (non-hydrogen) atoms. The Morgan fingerprint density at radius 2 is 1.68 bits per heavy atom. The number of hydrogen-bond acceptors (Lipinski definition) is 4. The average Bonchev–Trinajstić information content (AvgIpc) is 2.63. The lowest BCUT2D eigenvalue weighted by Crippen LogP contribution is -2.08. The number of carbonyl (C=O) groups is 4. The van der Waals surface area contributed by atoms with Gasteiger partial charge in [0.1, 0.15) is 5.69 Å². The molecule has 0 atom stereocenters. The van der Waals surface area contributed by atoms with E-state index in [9.17, 15) is 19.2 Å². The topological polar surface area (TPSA) is 145 Å². The summed E-state index contributed by atoms with van der Waals surface area (Å²) in [6, 6.07) is 0. The molecule has 1 rings (SSSR count). The fourth-order valence-corrected chi connectivity index (χ4v) is 1.74. The third-order valence-corrected chi connectivity index (χ3v) is 2.50. The van der Waals surface area contributed by atoms with Gasteiger partial charge in [-0.05, 0) is 17.5 Å². The number of aromatic nitrogens is 1. The van der Waals surface area contributed by atoms with Crippen LogP contribution in [-0.2, 0) is 22.4 Å². The average molecular weight is 269 g/mol. The van der Waals surface area contributed by atoms with Crippen LogP contribution in [0.5, 0.6) is 0 Å². The molecule has 0 aliphatic carbocycles. The third-order valence-electron chi connectivity index (χ3n) is 2.50. The van der Waals surface area contributed by atoms with Gasteiger partial charge in [-0.25, -0.2) is 4.79 Å². The van der Waals surface area contributed by atoms with Crippen LogP contribution in [0.3, 0.4) is 0 Å². The highest BCUT2D eigenvalue weighted by Gasteiger charge is 2.23. The monoisotopic (exact) mass is 269 g/mol. The molecule has 0 aromatic carbocycles. The summed E-state index contributed by atoms with van der Waals surface area (Å²) < 4.78 is 0. The molecule has 0 radical (unpaired) electrons. The van der Waals surface area contributed by atoms with Crippen LogP contribution >= 0.6 is 0 Å². The minimum atomic E-state index is -1.37. The number of aldehydes is 1. The van der Waals surface area contributed by atoms with E-state index in [1.165, 1.54) is 0 Å². The summed E-state index contributed by atoms with van der Waals surface area (Å²) in [4.78, 5) is 45.3. The van der Waals surface area contributed by atoms with Crippen LogP contribution in [0.1, 0.15) is 38.5 Å². The molecule has 0 fully saturated rings. The second-order valence-corrected chi connectivity index (χ2v) is 3.76. The number of rotatable bonds is 7. The lowest BCUT2D eigenvalue weighted by Gasteiger charge is -2.02. The van der Waals surface area contributed by atoms with Gasteiger partial charge >= 0.3 is 17.9 Å². The molecule has 0 saturated carbocycles. The van der Waals surface area contributed by atoms with E-state index in [1.54, 1.807) is 0 Å². The quantitative estimate of drug-likeness (QED) is 0.516. The zero-order chi connectivity index (χ0) is 14.6. The van der Waals surface area contributed by atoms with E-state index in [-0.39, 0.29) is 35.4 Å². The molecule has 4 N–H and O–H groups in total. The number of carboxylic acid groups (broad SMARTS) is 3. The maximum atomic E-state index is 11.0. The van der Waals surface area contributed by atoms with Crippen LogP contribution < -0.4 is 0 Å². The Bertz CT molecular complexity index is 543. The van der Waals surface area contributed by atoms with Crippen molar-refractivity contribution in [3.8, 4) is 0 Å². The molecular formula is C11H11NO7. The molecular weight excluding hydrogens is 258 g/mol. The van der Waals surface area contributed by atoms with Crippen molar-refractivity contribution in [1.29, 1.82) is 0 Å². The maximum absolute atomic E-state index is 11.0. The van der Waals surface area contributed by atoms with E-state index in [2.05, 4.69) is 4.98 Å². The summed E-state index contributed by atoms with van der Waals surface area (Å²) in [5.41, 5.74) is -0.444. The second kappa shape index (κ2) is 5.80. The SMILES string of the molecule is O=Cc1[nH]c(C(=O)O)c(CCC(=O)O)c1CC(=O)O. The summed E-state index contributed by atoms with van der Waals surface area (Å²) in [5.74, 6) is -3.76. The molecule has 8 heteroatoms. The van der Waals surface area contributed by atoms with E-state index in [0.29, 0.717) is 6.29 Å². The molecule has 8 nitrogen and oxygen atoms in total. The van der Waals surface area contributed by atoms with Crippen molar-refractivity contribution < 1.29 is 34.5 Å². The van der Waals surface area contributed by atoms with Gasteiger partial charge in [0, 0.05) is 6.42 Å². The fraction of sp³-hybridized carbons (Fsp3) is 0.273. The Labute approximate surface area is 106 Å². The summed E-state index contributed by atoms with van der Waals surface area (Å²) >= 11 is 0. The summed E-state index contributed by atoms with van der Waals surface area (Å²) in [6.45, 7) is 0. The van der Waals surface area contributed by atoms with Crippen LogP contribution in [0.15, 0.2) is 0 Å². The van der Waals surface area contributed by atoms with Gasteiger partial charge in [-0.15, -0.1) is 0 Å². The Morgan fingerprint density at radius 1 is 1.05 bits per heavy atom. The van der Waals surface area contributed by atoms with Crippen LogP contribution in [0.2, 0.25) is 0 Å². The number of aliphatic carboxylic acids is 2. The molecule has 1 heterocycles. The molecule has 0 spiro atoms. The Kier molecular flexibility index (Phi) is 4.41. The number of H-pyrrole nitrogens is 1. The summed E-state index contributed by atoms with van der Waals surface area (Å²) in [7, 11) is 0. The zero-order valence-corrected chi connectivity index (χ0v) is 9.67. The molecule has 0 aliphatic heterocycles. The Balaban J connectivity index is 3.29. The predicted octanol–water partition coefficient (Wildman–Crippen LogP) is 0.170. The molecule has 0 bridgehead atoms. The third kappa shape index (κ3) is 3.41. The summed E-state index contributed by atoms with van der Waals surface area (Å²) in [6.07, 6.45) is -0.755. The van der Waals surface area contributed by atoms with E-state index in [0.717, 1.165) is 0 Å². The van der Waals surface area contributed by atoms with Crippen molar-refractivity contribution in [2.45, 2.75) is 19.3 Å². The molecule has 0 unspecified atom stereocenters. The van der Waals surface area contributed by atoms with Gasteiger partial charge in [-0.2, -0.15) is 0 Å². The molecule has 102 valence electrons. The van der Waals surface area contributed by atoms with Crippen molar-refractivity contribution in [2.75, 3.05) is 0 Å². The van der Waals surface area contributed by atoms with Gasteiger partial charge in [0.25, 0.3) is 0 Å². The smallest absolute Gasteiger partial charge is 0.352 e. The highest BCUT2D eigenvalue weighted by Crippen LogP contribution is 2.21. The number of aromatic amines is 1. The standard InChI is InChI=1S/C11H11NO7/c13-4-7-6(3-9(16)17)5(1-2-8(14)15)10(12-7)11(18)19/h4,12H,1-3H2,(H,14,15)(H,16,17)(H,18,19). The number of carboxylic acids is 3. The lowest BCUT2D eigenvalue weighted by atomic mass is 10.0. The molecule has 1 aromatic heterocycles. The van der Waals surface area contributed by atoms with Gasteiger partial charge < -0.3 is 20.3 Å². The van der Waals surface area contributed by atoms with Crippen molar-refractivity contribution in [3.63, 3.8) is 0 Å². The van der Waals surface area contributed by atoms with Gasteiger partial charge in [-0.3, -0.25) is 14.4 Å². The fourth-order valence-electron chi connectivity index (χ4n) is 1.74. The van der Waals surface area contributed by atoms with E-state index >= 15 is 0 Å². The van der Waals surface area contributed by atoms with Crippen LogP contribution in [0.4, 0.5) is 0 Å². The predicted molar refractivity (Wildman–Crippen MR) is 60.4 cm³/mol. The van der Waals surface area contributed by atoms with Gasteiger partial charge in [0.05, 0.1) is 12.1 Å². The normalized spacial score (nSPS) is 10.1. The van der Waals surface area contributed by atoms with Crippen molar-refractivity contribution in [2.24, 2.45) is 0 Å². The van der Waals surface area contributed by atoms with Crippen LogP contribution in [0, 0.1) is 0 Å². The van der Waals surface area contributed by atoms with E-state index < -0.39 is 24.3 Å². The molecule has 0 amide bonds. The Hall–Kier alpha value is -2.64. The minimum Gasteiger partial charge on any atom is -0.481 e. The number of hydrogen-bond donors (Lipinski definition) is 4.